The molecule has 0 aliphatic carbocycles. The summed E-state index contributed by atoms with van der Waals surface area (Å²) < 4.78 is 10.7. The number of pyridine rings is 1. The molecule has 2 saturated heterocycles. The van der Waals surface area contributed by atoms with Crippen molar-refractivity contribution in [3.63, 3.8) is 0 Å². The third-order valence-corrected chi connectivity index (χ3v) is 3.80. The van der Waals surface area contributed by atoms with Gasteiger partial charge in [-0.05, 0) is 12.1 Å². The van der Waals surface area contributed by atoms with E-state index in [-0.39, 0.29) is 11.9 Å². The second kappa shape index (κ2) is 7.53. The summed E-state index contributed by atoms with van der Waals surface area (Å²) >= 11 is 0. The van der Waals surface area contributed by atoms with Crippen molar-refractivity contribution in [3.05, 3.63) is 18.3 Å². The molecule has 2 aliphatic rings. The van der Waals surface area contributed by atoms with Crippen molar-refractivity contribution in [2.45, 2.75) is 12.5 Å². The number of hydrogen-bond acceptors (Lipinski definition) is 6. The van der Waals surface area contributed by atoms with Gasteiger partial charge in [0.05, 0.1) is 32.1 Å². The highest BCUT2D eigenvalue weighted by molar-refractivity contribution is 5.94. The van der Waals surface area contributed by atoms with Gasteiger partial charge < -0.3 is 25.0 Å². The summed E-state index contributed by atoms with van der Waals surface area (Å²) in [6, 6.07) is 3.81. The van der Waals surface area contributed by atoms with Crippen molar-refractivity contribution in [1.29, 1.82) is 0 Å². The molecule has 0 saturated carbocycles. The molecular formula is C15H22N4O3. The Morgan fingerprint density at radius 2 is 2.23 bits per heavy atom. The number of hydrogen-bond donors (Lipinski definition) is 2. The van der Waals surface area contributed by atoms with Gasteiger partial charge in [-0.1, -0.05) is 0 Å². The second-order valence-electron chi connectivity index (χ2n) is 5.45. The maximum absolute atomic E-state index is 12.2. The Balaban J connectivity index is 1.62. The average Bonchev–Trinajstić information content (AvgIpc) is 2.57. The van der Waals surface area contributed by atoms with Gasteiger partial charge in [-0.15, -0.1) is 0 Å². The molecule has 7 heteroatoms. The molecule has 2 fully saturated rings. The quantitative estimate of drug-likeness (QED) is 0.830. The predicted molar refractivity (Wildman–Crippen MR) is 83.1 cm³/mol. The molecular weight excluding hydrogens is 284 g/mol. The van der Waals surface area contributed by atoms with E-state index in [0.717, 1.165) is 31.1 Å². The second-order valence-corrected chi connectivity index (χ2v) is 5.45. The predicted octanol–water partition coefficient (Wildman–Crippen LogP) is 0.235. The van der Waals surface area contributed by atoms with Gasteiger partial charge in [0.2, 0.25) is 5.91 Å². The van der Waals surface area contributed by atoms with E-state index >= 15 is 0 Å². The standard InChI is InChI=1S/C15H22N4O3/c20-14(10-12-11-22-7-4-16-12)18-13-2-1-3-17-15(13)19-5-8-21-9-6-19/h1-3,12,16H,4-11H2,(H,18,20). The number of nitrogens with one attached hydrogen (secondary N) is 2. The summed E-state index contributed by atoms with van der Waals surface area (Å²) in [5.41, 5.74) is 0.756. The lowest BCUT2D eigenvalue weighted by Crippen LogP contribution is -2.43. The van der Waals surface area contributed by atoms with E-state index in [2.05, 4.69) is 20.5 Å². The maximum Gasteiger partial charge on any atom is 0.226 e. The summed E-state index contributed by atoms with van der Waals surface area (Å²) in [5, 5.41) is 6.26. The number of amides is 1. The molecule has 0 bridgehead atoms. The van der Waals surface area contributed by atoms with Crippen molar-refractivity contribution in [1.82, 2.24) is 10.3 Å². The fourth-order valence-electron chi connectivity index (χ4n) is 2.70. The van der Waals surface area contributed by atoms with Gasteiger partial charge in [-0.25, -0.2) is 4.98 Å². The van der Waals surface area contributed by atoms with Crippen molar-refractivity contribution in [3.8, 4) is 0 Å². The number of nitrogens with zero attached hydrogens (tertiary/aromatic N) is 2. The SMILES string of the molecule is O=C(CC1COCCN1)Nc1cccnc1N1CCOCC1. The molecule has 0 spiro atoms. The van der Waals surface area contributed by atoms with Gasteiger partial charge in [0.15, 0.2) is 5.82 Å². The molecule has 7 nitrogen and oxygen atoms in total. The minimum Gasteiger partial charge on any atom is -0.378 e. The van der Waals surface area contributed by atoms with E-state index in [1.54, 1.807) is 6.20 Å². The van der Waals surface area contributed by atoms with Crippen molar-refractivity contribution in [2.24, 2.45) is 0 Å². The van der Waals surface area contributed by atoms with E-state index in [1.165, 1.54) is 0 Å². The van der Waals surface area contributed by atoms with Gasteiger partial charge >= 0.3 is 0 Å². The molecule has 120 valence electrons. The van der Waals surface area contributed by atoms with Gasteiger partial charge in [-0.3, -0.25) is 4.79 Å². The number of rotatable bonds is 4. The third kappa shape index (κ3) is 3.94. The Hall–Kier alpha value is -1.70. The van der Waals surface area contributed by atoms with Crippen LogP contribution in [0.2, 0.25) is 0 Å². The van der Waals surface area contributed by atoms with Crippen LogP contribution in [0.3, 0.4) is 0 Å². The Morgan fingerprint density at radius 3 is 3.00 bits per heavy atom. The molecule has 3 heterocycles. The van der Waals surface area contributed by atoms with Crippen LogP contribution in [0.5, 0.6) is 0 Å². The van der Waals surface area contributed by atoms with Gasteiger partial charge in [0.1, 0.15) is 0 Å². The summed E-state index contributed by atoms with van der Waals surface area (Å²) in [7, 11) is 0. The van der Waals surface area contributed by atoms with Crippen LogP contribution in [0.25, 0.3) is 0 Å². The number of aromatic nitrogens is 1. The van der Waals surface area contributed by atoms with Crippen LogP contribution in [0.4, 0.5) is 11.5 Å². The van der Waals surface area contributed by atoms with Crippen LogP contribution in [0, 0.1) is 0 Å². The average molecular weight is 306 g/mol. The molecule has 1 atom stereocenters. The molecule has 0 radical (unpaired) electrons. The lowest BCUT2D eigenvalue weighted by atomic mass is 10.2. The fourth-order valence-corrected chi connectivity index (χ4v) is 2.70. The highest BCUT2D eigenvalue weighted by atomic mass is 16.5. The van der Waals surface area contributed by atoms with Crippen LogP contribution in [0.15, 0.2) is 18.3 Å². The Kier molecular flexibility index (Phi) is 5.20. The van der Waals surface area contributed by atoms with E-state index < -0.39 is 0 Å². The third-order valence-electron chi connectivity index (χ3n) is 3.80. The van der Waals surface area contributed by atoms with E-state index in [9.17, 15) is 4.79 Å². The number of morpholine rings is 2. The van der Waals surface area contributed by atoms with Crippen LogP contribution in [-0.4, -0.2) is 63.0 Å². The molecule has 0 aromatic carbocycles. The lowest BCUT2D eigenvalue weighted by molar-refractivity contribution is -0.117. The minimum absolute atomic E-state index is 0.0227. The zero-order valence-corrected chi connectivity index (χ0v) is 12.6. The largest absolute Gasteiger partial charge is 0.378 e. The lowest BCUT2D eigenvalue weighted by Gasteiger charge is -2.29. The molecule has 3 rings (SSSR count). The zero-order valence-electron chi connectivity index (χ0n) is 12.6. The molecule has 1 aromatic rings. The first-order chi connectivity index (χ1) is 10.8. The Labute approximate surface area is 130 Å². The molecule has 2 aliphatic heterocycles. The van der Waals surface area contributed by atoms with Crippen molar-refractivity contribution < 1.29 is 14.3 Å². The van der Waals surface area contributed by atoms with Crippen molar-refractivity contribution in [2.75, 3.05) is 56.3 Å². The molecule has 22 heavy (non-hydrogen) atoms. The minimum atomic E-state index is -0.0227. The van der Waals surface area contributed by atoms with Crippen LogP contribution < -0.4 is 15.5 Å². The molecule has 1 aromatic heterocycles. The fraction of sp³-hybridized carbons (Fsp3) is 0.600. The Morgan fingerprint density at radius 1 is 1.36 bits per heavy atom. The number of ether oxygens (including phenoxy) is 2. The first-order valence-corrected chi connectivity index (χ1v) is 7.71. The first kappa shape index (κ1) is 15.2. The number of carbonyl (C=O) groups excluding carboxylic acids is 1. The summed E-state index contributed by atoms with van der Waals surface area (Å²) in [6.07, 6.45) is 2.15. The topological polar surface area (TPSA) is 75.7 Å². The first-order valence-electron chi connectivity index (χ1n) is 7.71. The maximum atomic E-state index is 12.2. The normalized spacial score (nSPS) is 22.4. The summed E-state index contributed by atoms with van der Waals surface area (Å²) in [6.45, 7) is 5.04. The van der Waals surface area contributed by atoms with E-state index in [1.807, 2.05) is 12.1 Å². The van der Waals surface area contributed by atoms with Crippen LogP contribution >= 0.6 is 0 Å². The molecule has 2 N–H and O–H groups in total. The van der Waals surface area contributed by atoms with Gasteiger partial charge in [0.25, 0.3) is 0 Å². The Bertz CT molecular complexity index is 499. The summed E-state index contributed by atoms with van der Waals surface area (Å²) in [4.78, 5) is 18.8. The number of anilines is 2. The van der Waals surface area contributed by atoms with E-state index in [4.69, 9.17) is 9.47 Å². The van der Waals surface area contributed by atoms with Gasteiger partial charge in [-0.2, -0.15) is 0 Å². The smallest absolute Gasteiger partial charge is 0.226 e. The van der Waals surface area contributed by atoms with Crippen molar-refractivity contribution >= 4 is 17.4 Å². The number of carbonyl (C=O) groups is 1. The van der Waals surface area contributed by atoms with Crippen LogP contribution in [0.1, 0.15) is 6.42 Å². The highest BCUT2D eigenvalue weighted by Gasteiger charge is 2.20. The highest BCUT2D eigenvalue weighted by Crippen LogP contribution is 2.23. The van der Waals surface area contributed by atoms with E-state index in [0.29, 0.717) is 32.8 Å². The zero-order chi connectivity index (χ0) is 15.2. The van der Waals surface area contributed by atoms with Crippen LogP contribution in [-0.2, 0) is 14.3 Å². The van der Waals surface area contributed by atoms with Gasteiger partial charge in [0, 0.05) is 38.3 Å². The summed E-state index contributed by atoms with van der Waals surface area (Å²) in [5.74, 6) is 0.789. The molecule has 1 amide bonds. The molecule has 1 unspecified atom stereocenters. The monoisotopic (exact) mass is 306 g/mol.